The van der Waals surface area contributed by atoms with Crippen molar-refractivity contribution in [1.29, 1.82) is 0 Å². The molecule has 1 amide bonds. The van der Waals surface area contributed by atoms with Crippen LogP contribution in [-0.4, -0.2) is 40.0 Å². The first kappa shape index (κ1) is 27.7. The molecule has 10 heteroatoms. The maximum absolute atomic E-state index is 13.6. The van der Waals surface area contributed by atoms with E-state index in [9.17, 15) is 14.3 Å². The monoisotopic (exact) mass is 562 g/mol. The predicted octanol–water partition coefficient (Wildman–Crippen LogP) is 5.64. The Bertz CT molecular complexity index is 1410. The van der Waals surface area contributed by atoms with Crippen molar-refractivity contribution in [3.8, 4) is 0 Å². The van der Waals surface area contributed by atoms with Gasteiger partial charge in [0, 0.05) is 18.5 Å². The summed E-state index contributed by atoms with van der Waals surface area (Å²) in [6.07, 6.45) is 2.59. The number of nitrogens with zero attached hydrogens (tertiary/aromatic N) is 2. The van der Waals surface area contributed by atoms with Crippen LogP contribution in [0.25, 0.3) is 0 Å². The summed E-state index contributed by atoms with van der Waals surface area (Å²) in [5, 5.41) is 19.6. The molecule has 0 unspecified atom stereocenters. The molecule has 40 heavy (non-hydrogen) atoms. The number of fused-ring (bicyclic) bond motifs is 2. The minimum absolute atomic E-state index is 0.0666. The first-order valence-corrected chi connectivity index (χ1v) is 13.9. The van der Waals surface area contributed by atoms with Gasteiger partial charge in [0.05, 0.1) is 30.0 Å². The summed E-state index contributed by atoms with van der Waals surface area (Å²) in [5.41, 5.74) is 6.30. The Morgan fingerprint density at radius 2 is 1.88 bits per heavy atom. The largest absolute Gasteiger partial charge is 0.511 e. The van der Waals surface area contributed by atoms with Gasteiger partial charge in [0.1, 0.15) is 17.1 Å². The highest BCUT2D eigenvalue weighted by Crippen LogP contribution is 2.42. The quantitative estimate of drug-likeness (QED) is 0.228. The number of aliphatic hydroxyl groups excluding tert-OH is 2. The second-order valence-corrected chi connectivity index (χ2v) is 10.6. The Kier molecular flexibility index (Phi) is 8.69. The minimum Gasteiger partial charge on any atom is -0.511 e. The number of amides is 1. The third-order valence-electron chi connectivity index (χ3n) is 7.16. The van der Waals surface area contributed by atoms with E-state index in [1.165, 1.54) is 24.1 Å². The number of halogens is 1. The highest BCUT2D eigenvalue weighted by Gasteiger charge is 2.46. The Morgan fingerprint density at radius 1 is 1.10 bits per heavy atom. The molecule has 8 nitrogen and oxygen atoms in total. The molecule has 0 saturated heterocycles. The van der Waals surface area contributed by atoms with E-state index in [-0.39, 0.29) is 41.6 Å². The molecule has 208 valence electrons. The molecule has 1 fully saturated rings. The molecule has 3 aliphatic rings. The van der Waals surface area contributed by atoms with Crippen molar-refractivity contribution in [2.75, 3.05) is 12.6 Å². The van der Waals surface area contributed by atoms with E-state index in [1.54, 1.807) is 24.1 Å². The number of carbonyl (C=O) groups excluding carboxylic acids is 1. The summed E-state index contributed by atoms with van der Waals surface area (Å²) < 4.78 is 16.5. The van der Waals surface area contributed by atoms with Gasteiger partial charge in [-0.15, -0.1) is 0 Å². The van der Waals surface area contributed by atoms with Crippen molar-refractivity contribution in [1.82, 2.24) is 9.62 Å². The fourth-order valence-electron chi connectivity index (χ4n) is 5.23. The zero-order chi connectivity index (χ0) is 28.1. The summed E-state index contributed by atoms with van der Waals surface area (Å²) in [7, 11) is 1.54. The van der Waals surface area contributed by atoms with Crippen LogP contribution in [0, 0.1) is 11.7 Å². The smallest absolute Gasteiger partial charge is 0.261 e. The molecule has 2 aliphatic heterocycles. The Hall–Kier alpha value is -3.86. The fraction of sp³-hybridized carbons (Fsp3) is 0.267. The lowest BCUT2D eigenvalue weighted by Gasteiger charge is -2.38. The third-order valence-corrected chi connectivity index (χ3v) is 8.00. The number of hydrogen-bond donors (Lipinski definition) is 4. The molecule has 0 aromatic heterocycles. The number of carbonyl (C=O) groups is 1. The molecule has 2 heterocycles. The average Bonchev–Trinajstić information content (AvgIpc) is 3.48. The molecule has 0 bridgehead atoms. The normalized spacial score (nSPS) is 19.6. The number of aliphatic imine (C=N–C) groups is 1. The zero-order valence-corrected chi connectivity index (χ0v) is 22.8. The van der Waals surface area contributed by atoms with Crippen molar-refractivity contribution >= 4 is 35.1 Å². The number of benzene rings is 3. The summed E-state index contributed by atoms with van der Waals surface area (Å²) in [6, 6.07) is 21.2. The van der Waals surface area contributed by atoms with Crippen molar-refractivity contribution < 1.29 is 24.2 Å². The second kappa shape index (κ2) is 12.5. The molecular formula is C30H31FN4O4S. The van der Waals surface area contributed by atoms with Crippen molar-refractivity contribution in [3.05, 3.63) is 101 Å². The van der Waals surface area contributed by atoms with Gasteiger partial charge in [-0.1, -0.05) is 48.9 Å². The number of amidine groups is 1. The first-order chi connectivity index (χ1) is 19.5. The second-order valence-electron chi connectivity index (χ2n) is 9.72. The highest BCUT2D eigenvalue weighted by atomic mass is 32.2. The Balaban J connectivity index is 0.000000348. The van der Waals surface area contributed by atoms with Gasteiger partial charge in [-0.05, 0) is 66.2 Å². The number of nitrogens with one attached hydrogen (secondary N) is 2. The van der Waals surface area contributed by atoms with Crippen LogP contribution in [-0.2, 0) is 22.8 Å². The Labute approximate surface area is 236 Å². The van der Waals surface area contributed by atoms with Crippen LogP contribution in [0.3, 0.4) is 0 Å². The number of rotatable bonds is 6. The van der Waals surface area contributed by atoms with Gasteiger partial charge in [-0.25, -0.2) is 9.38 Å². The SMILES string of the molecule is CONc1ccc2c(c1)SNC(C1=C(O)[C@@H]3CCC[C@@H]3N(Cc3ccc(F)cc3)C1=O)=N2.OCc1ccccc1. The van der Waals surface area contributed by atoms with Gasteiger partial charge in [-0.3, -0.25) is 15.1 Å². The molecule has 1 aliphatic carbocycles. The average molecular weight is 563 g/mol. The predicted molar refractivity (Wildman–Crippen MR) is 153 cm³/mol. The maximum Gasteiger partial charge on any atom is 0.261 e. The first-order valence-electron chi connectivity index (χ1n) is 13.1. The van der Waals surface area contributed by atoms with Gasteiger partial charge in [0.15, 0.2) is 5.84 Å². The van der Waals surface area contributed by atoms with Crippen LogP contribution in [0.15, 0.2) is 94.0 Å². The molecule has 1 saturated carbocycles. The van der Waals surface area contributed by atoms with E-state index >= 15 is 0 Å². The summed E-state index contributed by atoms with van der Waals surface area (Å²) in [4.78, 5) is 25.8. The third kappa shape index (κ3) is 5.99. The molecule has 3 aromatic carbocycles. The van der Waals surface area contributed by atoms with E-state index in [0.717, 1.165) is 41.0 Å². The van der Waals surface area contributed by atoms with Crippen LogP contribution < -0.4 is 10.2 Å². The van der Waals surface area contributed by atoms with Gasteiger partial charge in [0.25, 0.3) is 5.91 Å². The van der Waals surface area contributed by atoms with E-state index < -0.39 is 0 Å². The lowest BCUT2D eigenvalue weighted by molar-refractivity contribution is -0.132. The van der Waals surface area contributed by atoms with Crippen LogP contribution in [0.4, 0.5) is 15.8 Å². The molecule has 4 N–H and O–H groups in total. The van der Waals surface area contributed by atoms with Crippen molar-refractivity contribution in [2.45, 2.75) is 43.4 Å². The molecule has 3 aromatic rings. The molecule has 0 radical (unpaired) electrons. The molecule has 6 rings (SSSR count). The molecular weight excluding hydrogens is 531 g/mol. The van der Waals surface area contributed by atoms with Crippen molar-refractivity contribution in [2.24, 2.45) is 10.9 Å². The van der Waals surface area contributed by atoms with Crippen LogP contribution in [0.5, 0.6) is 0 Å². The highest BCUT2D eigenvalue weighted by molar-refractivity contribution is 7.98. The lowest BCUT2D eigenvalue weighted by Crippen LogP contribution is -2.49. The number of anilines is 1. The summed E-state index contributed by atoms with van der Waals surface area (Å²) >= 11 is 1.33. The van der Waals surface area contributed by atoms with E-state index in [0.29, 0.717) is 18.1 Å². The van der Waals surface area contributed by atoms with Crippen molar-refractivity contribution in [3.63, 3.8) is 0 Å². The maximum atomic E-state index is 13.6. The number of hydrogen-bond acceptors (Lipinski definition) is 8. The van der Waals surface area contributed by atoms with E-state index in [4.69, 9.17) is 9.94 Å². The molecule has 2 atom stereocenters. The zero-order valence-electron chi connectivity index (χ0n) is 22.0. The van der Waals surface area contributed by atoms with Gasteiger partial charge in [-0.2, -0.15) is 0 Å². The standard InChI is InChI=1S/C23H23FN4O3S.C7H8O/c1-31-26-15-9-10-17-19(11-15)32-27-22(25-17)20-21(29)16-3-2-4-18(16)28(23(20)30)12-13-5-7-14(24)8-6-13;8-6-7-4-2-1-3-5-7/h5-11,16,18,26,29H,2-4,12H2,1H3,(H,25,27);1-5,8H,6H2/t16-,18+;/m1./s1. The van der Waals surface area contributed by atoms with Crippen LogP contribution in [0.2, 0.25) is 0 Å². The van der Waals surface area contributed by atoms with E-state index in [2.05, 4.69) is 15.2 Å². The number of aliphatic hydroxyl groups is 2. The van der Waals surface area contributed by atoms with Crippen LogP contribution in [0.1, 0.15) is 30.4 Å². The topological polar surface area (TPSA) is 106 Å². The van der Waals surface area contributed by atoms with Gasteiger partial charge >= 0.3 is 0 Å². The van der Waals surface area contributed by atoms with Gasteiger partial charge < -0.3 is 19.8 Å². The van der Waals surface area contributed by atoms with Crippen LogP contribution >= 0.6 is 11.9 Å². The Morgan fingerprint density at radius 3 is 2.58 bits per heavy atom. The summed E-state index contributed by atoms with van der Waals surface area (Å²) in [5.74, 6) is -0.223. The minimum atomic E-state index is -0.309. The van der Waals surface area contributed by atoms with E-state index in [1.807, 2.05) is 48.5 Å². The van der Waals surface area contributed by atoms with Gasteiger partial charge in [0.2, 0.25) is 0 Å². The fourth-order valence-corrected chi connectivity index (χ4v) is 5.98. The lowest BCUT2D eigenvalue weighted by atomic mass is 9.90. The molecule has 0 spiro atoms. The summed E-state index contributed by atoms with van der Waals surface area (Å²) in [6.45, 7) is 0.501.